The molecule has 2 aliphatic rings. The second kappa shape index (κ2) is 7.81. The van der Waals surface area contributed by atoms with Crippen molar-refractivity contribution in [3.05, 3.63) is 35.6 Å². The number of aliphatic hydroxyl groups excluding tert-OH is 1. The van der Waals surface area contributed by atoms with Crippen molar-refractivity contribution >= 4 is 5.91 Å². The van der Waals surface area contributed by atoms with Crippen LogP contribution in [0, 0.1) is 17.2 Å². The van der Waals surface area contributed by atoms with Crippen molar-refractivity contribution in [2.24, 2.45) is 11.3 Å². The second-order valence-corrected chi connectivity index (χ2v) is 7.27. The van der Waals surface area contributed by atoms with Crippen molar-refractivity contribution in [1.82, 2.24) is 9.80 Å². The van der Waals surface area contributed by atoms with Crippen molar-refractivity contribution in [2.45, 2.75) is 12.8 Å². The number of halogens is 1. The number of nitrogens with zero attached hydrogens (tertiary/aromatic N) is 2. The van der Waals surface area contributed by atoms with Gasteiger partial charge in [-0.15, -0.1) is 0 Å². The number of hydrogen-bond donors (Lipinski definition) is 1. The molecule has 0 saturated carbocycles. The molecule has 1 aromatic rings. The highest BCUT2D eigenvalue weighted by Gasteiger charge is 2.47. The number of piperidine rings is 1. The van der Waals surface area contributed by atoms with Crippen LogP contribution < -0.4 is 0 Å². The van der Waals surface area contributed by atoms with Crippen LogP contribution >= 0.6 is 0 Å². The van der Waals surface area contributed by atoms with Gasteiger partial charge in [-0.25, -0.2) is 4.39 Å². The molecular weight excluding hydrogens is 323 g/mol. The van der Waals surface area contributed by atoms with Crippen molar-refractivity contribution in [1.29, 1.82) is 0 Å². The first-order valence-electron chi connectivity index (χ1n) is 8.95. The molecule has 1 atom stereocenters. The van der Waals surface area contributed by atoms with Crippen molar-refractivity contribution < 1.29 is 19.0 Å². The Morgan fingerprint density at radius 1 is 1.32 bits per heavy atom. The van der Waals surface area contributed by atoms with Crippen LogP contribution in [0.4, 0.5) is 4.39 Å². The zero-order valence-corrected chi connectivity index (χ0v) is 14.8. The highest BCUT2D eigenvalue weighted by Crippen LogP contribution is 2.44. The number of carbonyl (C=O) groups excluding carboxylic acids is 1. The summed E-state index contributed by atoms with van der Waals surface area (Å²) in [6.07, 6.45) is 1.79. The normalized spacial score (nSPS) is 23.3. The Morgan fingerprint density at radius 2 is 2.00 bits per heavy atom. The average molecular weight is 350 g/mol. The first-order chi connectivity index (χ1) is 12.1. The van der Waals surface area contributed by atoms with E-state index in [1.165, 1.54) is 12.1 Å². The van der Waals surface area contributed by atoms with E-state index in [-0.39, 0.29) is 29.7 Å². The van der Waals surface area contributed by atoms with E-state index in [4.69, 9.17) is 4.74 Å². The summed E-state index contributed by atoms with van der Waals surface area (Å²) < 4.78 is 18.2. The minimum atomic E-state index is -0.331. The van der Waals surface area contributed by atoms with Gasteiger partial charge in [0, 0.05) is 57.9 Å². The molecule has 0 aliphatic carbocycles. The van der Waals surface area contributed by atoms with E-state index < -0.39 is 0 Å². The first kappa shape index (κ1) is 18.3. The van der Waals surface area contributed by atoms with Gasteiger partial charge in [-0.1, -0.05) is 0 Å². The topological polar surface area (TPSA) is 53.0 Å². The molecule has 2 aliphatic heterocycles. The molecule has 2 saturated heterocycles. The summed E-state index contributed by atoms with van der Waals surface area (Å²) in [5.41, 5.74) is 0.617. The minimum absolute atomic E-state index is 0.0374. The predicted octanol–water partition coefficient (Wildman–Crippen LogP) is 1.62. The molecule has 6 heteroatoms. The maximum Gasteiger partial charge on any atom is 0.253 e. The molecule has 0 radical (unpaired) electrons. The molecular formula is C19H27FN2O3. The van der Waals surface area contributed by atoms with Crippen LogP contribution in [0.1, 0.15) is 23.2 Å². The fourth-order valence-electron chi connectivity index (χ4n) is 4.28. The fourth-order valence-corrected chi connectivity index (χ4v) is 4.28. The Balaban J connectivity index is 1.62. The third-order valence-electron chi connectivity index (χ3n) is 5.85. The number of ether oxygens (including phenoxy) is 1. The SMILES string of the molecule is COCCN1CC(CO)C2(CCN(C(=O)c3ccc(F)cc3)CC2)C1. The maximum atomic E-state index is 13.0. The Morgan fingerprint density at radius 3 is 2.60 bits per heavy atom. The van der Waals surface area contributed by atoms with E-state index in [1.807, 2.05) is 4.90 Å². The van der Waals surface area contributed by atoms with Gasteiger partial charge >= 0.3 is 0 Å². The summed E-state index contributed by atoms with van der Waals surface area (Å²) in [5, 5.41) is 9.83. The van der Waals surface area contributed by atoms with Gasteiger partial charge in [0.15, 0.2) is 0 Å². The van der Waals surface area contributed by atoms with Gasteiger partial charge in [0.1, 0.15) is 5.82 Å². The van der Waals surface area contributed by atoms with E-state index in [0.29, 0.717) is 25.3 Å². The highest BCUT2D eigenvalue weighted by molar-refractivity contribution is 5.94. The zero-order chi connectivity index (χ0) is 17.9. The summed E-state index contributed by atoms with van der Waals surface area (Å²) in [5.74, 6) is -0.112. The van der Waals surface area contributed by atoms with E-state index in [9.17, 15) is 14.3 Å². The molecule has 1 unspecified atom stereocenters. The van der Waals surface area contributed by atoms with Gasteiger partial charge in [-0.3, -0.25) is 4.79 Å². The van der Waals surface area contributed by atoms with Crippen molar-refractivity contribution in [2.75, 3.05) is 53.0 Å². The Kier molecular flexibility index (Phi) is 5.71. The lowest BCUT2D eigenvalue weighted by molar-refractivity contribution is 0.0399. The summed E-state index contributed by atoms with van der Waals surface area (Å²) in [7, 11) is 1.70. The maximum absolute atomic E-state index is 13.0. The van der Waals surface area contributed by atoms with E-state index >= 15 is 0 Å². The van der Waals surface area contributed by atoms with Crippen molar-refractivity contribution in [3.63, 3.8) is 0 Å². The van der Waals surface area contributed by atoms with Gasteiger partial charge < -0.3 is 19.6 Å². The molecule has 1 spiro atoms. The predicted molar refractivity (Wildman–Crippen MR) is 92.9 cm³/mol. The molecule has 0 bridgehead atoms. The monoisotopic (exact) mass is 350 g/mol. The van der Waals surface area contributed by atoms with Crippen LogP contribution in [0.25, 0.3) is 0 Å². The summed E-state index contributed by atoms with van der Waals surface area (Å²) >= 11 is 0. The molecule has 2 heterocycles. The fraction of sp³-hybridized carbons (Fsp3) is 0.632. The Bertz CT molecular complexity index is 585. The van der Waals surface area contributed by atoms with Crippen LogP contribution in [-0.4, -0.2) is 73.9 Å². The molecule has 2 fully saturated rings. The van der Waals surface area contributed by atoms with Crippen molar-refractivity contribution in [3.8, 4) is 0 Å². The molecule has 1 N–H and O–H groups in total. The van der Waals surface area contributed by atoms with Crippen LogP contribution in [0.15, 0.2) is 24.3 Å². The standard InChI is InChI=1S/C19H27FN2O3/c1-25-11-10-21-12-16(13-23)19(14-21)6-8-22(9-7-19)18(24)15-2-4-17(20)5-3-15/h2-5,16,23H,6-14H2,1H3. The third-order valence-corrected chi connectivity index (χ3v) is 5.85. The van der Waals surface area contributed by atoms with E-state index in [0.717, 1.165) is 32.5 Å². The van der Waals surface area contributed by atoms with Crippen LogP contribution in [-0.2, 0) is 4.74 Å². The number of aliphatic hydroxyl groups is 1. The number of carbonyl (C=O) groups is 1. The van der Waals surface area contributed by atoms with Gasteiger partial charge in [0.05, 0.1) is 6.61 Å². The molecule has 0 aromatic heterocycles. The van der Waals surface area contributed by atoms with E-state index in [1.54, 1.807) is 19.2 Å². The highest BCUT2D eigenvalue weighted by atomic mass is 19.1. The molecule has 1 aromatic carbocycles. The van der Waals surface area contributed by atoms with Gasteiger partial charge in [0.25, 0.3) is 5.91 Å². The van der Waals surface area contributed by atoms with Gasteiger partial charge in [-0.05, 0) is 42.5 Å². The van der Waals surface area contributed by atoms with Gasteiger partial charge in [0.2, 0.25) is 0 Å². The third kappa shape index (κ3) is 3.86. The molecule has 25 heavy (non-hydrogen) atoms. The molecule has 5 nitrogen and oxygen atoms in total. The van der Waals surface area contributed by atoms with Crippen LogP contribution in [0.5, 0.6) is 0 Å². The van der Waals surface area contributed by atoms with Gasteiger partial charge in [-0.2, -0.15) is 0 Å². The lowest BCUT2D eigenvalue weighted by Crippen LogP contribution is -2.47. The smallest absolute Gasteiger partial charge is 0.253 e. The Labute approximate surface area is 148 Å². The second-order valence-electron chi connectivity index (χ2n) is 7.27. The number of likely N-dealkylation sites (tertiary alicyclic amines) is 2. The quantitative estimate of drug-likeness (QED) is 0.877. The summed E-state index contributed by atoms with van der Waals surface area (Å²) in [6.45, 7) is 4.99. The summed E-state index contributed by atoms with van der Waals surface area (Å²) in [6, 6.07) is 5.73. The molecule has 138 valence electrons. The number of amides is 1. The number of hydrogen-bond acceptors (Lipinski definition) is 4. The lowest BCUT2D eigenvalue weighted by atomic mass is 9.71. The largest absolute Gasteiger partial charge is 0.396 e. The lowest BCUT2D eigenvalue weighted by Gasteiger charge is -2.42. The minimum Gasteiger partial charge on any atom is -0.396 e. The number of benzene rings is 1. The average Bonchev–Trinajstić information content (AvgIpc) is 2.98. The number of rotatable bonds is 5. The first-order valence-corrected chi connectivity index (χ1v) is 8.95. The molecule has 3 rings (SSSR count). The zero-order valence-electron chi connectivity index (χ0n) is 14.8. The molecule has 1 amide bonds. The van der Waals surface area contributed by atoms with E-state index in [2.05, 4.69) is 4.90 Å². The number of methoxy groups -OCH3 is 1. The summed E-state index contributed by atoms with van der Waals surface area (Å²) in [4.78, 5) is 16.8. The van der Waals surface area contributed by atoms with Crippen LogP contribution in [0.3, 0.4) is 0 Å². The van der Waals surface area contributed by atoms with Crippen LogP contribution in [0.2, 0.25) is 0 Å². The Hall–Kier alpha value is -1.50.